The molecule has 0 unspecified atom stereocenters. The molecule has 2 rings (SSSR count). The number of piperazine rings is 1. The summed E-state index contributed by atoms with van der Waals surface area (Å²) in [6, 6.07) is 0. The smallest absolute Gasteiger partial charge is 0.250 e. The minimum absolute atomic E-state index is 0.0834. The van der Waals surface area contributed by atoms with Gasteiger partial charge in [-0.15, -0.1) is 0 Å². The first-order valence-corrected chi connectivity index (χ1v) is 7.78. The number of nitrogens with zero attached hydrogens (tertiary/aromatic N) is 4. The number of anilines is 2. The molecule has 2 heterocycles. The summed E-state index contributed by atoms with van der Waals surface area (Å²) < 4.78 is -1.71. The molecular weight excluding hydrogens is 339 g/mol. The fourth-order valence-electron chi connectivity index (χ4n) is 1.86. The summed E-state index contributed by atoms with van der Waals surface area (Å²) in [5.74, 6) is 0.912. The Morgan fingerprint density at radius 1 is 1.19 bits per heavy atom. The lowest BCUT2D eigenvalue weighted by atomic mass is 10.4. The highest BCUT2D eigenvalue weighted by Crippen LogP contribution is 2.36. The van der Waals surface area contributed by atoms with Crippen LogP contribution in [0.2, 0.25) is 0 Å². The van der Waals surface area contributed by atoms with Crippen LogP contribution in [0.4, 0.5) is 11.9 Å². The quantitative estimate of drug-likeness (QED) is 0.534. The maximum Gasteiger partial charge on any atom is 0.250 e. The first kappa shape index (κ1) is 16.8. The largest absolute Gasteiger partial charge is 0.396 e. The Kier molecular flexibility index (Phi) is 6.07. The molecule has 118 valence electrons. The summed E-state index contributed by atoms with van der Waals surface area (Å²) in [5, 5.41) is 15.1. The van der Waals surface area contributed by atoms with Crippen molar-refractivity contribution in [2.45, 2.75) is 10.2 Å². The summed E-state index contributed by atoms with van der Waals surface area (Å²) in [6.45, 7) is 3.86. The van der Waals surface area contributed by atoms with Crippen molar-refractivity contribution in [3.63, 3.8) is 0 Å². The monoisotopic (exact) mass is 354 g/mol. The minimum atomic E-state index is -1.71. The molecule has 1 aliphatic heterocycles. The first-order chi connectivity index (χ1) is 10.0. The molecule has 3 N–H and O–H groups in total. The molecule has 0 bridgehead atoms. The molecule has 1 aromatic rings. The van der Waals surface area contributed by atoms with Gasteiger partial charge in [0.2, 0.25) is 15.7 Å². The minimum Gasteiger partial charge on any atom is -0.396 e. The van der Waals surface area contributed by atoms with Crippen molar-refractivity contribution in [2.75, 3.05) is 49.5 Å². The molecule has 0 saturated carbocycles. The van der Waals surface area contributed by atoms with Gasteiger partial charge in [-0.25, -0.2) is 0 Å². The molecule has 0 spiro atoms. The van der Waals surface area contributed by atoms with Crippen LogP contribution in [0, 0.1) is 0 Å². The first-order valence-electron chi connectivity index (χ1n) is 6.64. The van der Waals surface area contributed by atoms with Gasteiger partial charge >= 0.3 is 0 Å². The Hall–Kier alpha value is -0.600. The molecule has 1 saturated heterocycles. The van der Waals surface area contributed by atoms with Crippen LogP contribution in [0.15, 0.2) is 0 Å². The van der Waals surface area contributed by atoms with Crippen molar-refractivity contribution in [3.8, 4) is 0 Å². The third-order valence-electron chi connectivity index (χ3n) is 2.89. The van der Waals surface area contributed by atoms with E-state index in [4.69, 9.17) is 39.9 Å². The average molecular weight is 356 g/mol. The molecule has 7 nitrogen and oxygen atoms in total. The fourth-order valence-corrected chi connectivity index (χ4v) is 2.11. The lowest BCUT2D eigenvalue weighted by Gasteiger charge is -2.28. The second-order valence-corrected chi connectivity index (χ2v) is 6.80. The van der Waals surface area contributed by atoms with E-state index in [0.29, 0.717) is 24.9 Å². The molecule has 21 heavy (non-hydrogen) atoms. The number of alkyl halides is 3. The predicted octanol–water partition coefficient (Wildman–Crippen LogP) is 0.902. The van der Waals surface area contributed by atoms with E-state index in [1.165, 1.54) is 0 Å². The summed E-state index contributed by atoms with van der Waals surface area (Å²) in [5.41, 5.74) is 0. The van der Waals surface area contributed by atoms with Gasteiger partial charge in [-0.3, -0.25) is 0 Å². The Labute approximate surface area is 138 Å². The fraction of sp³-hybridized carbons (Fsp3) is 0.727. The highest BCUT2D eigenvalue weighted by molar-refractivity contribution is 6.66. The van der Waals surface area contributed by atoms with Crippen LogP contribution in [0.1, 0.15) is 12.2 Å². The number of hydrogen-bond donors (Lipinski definition) is 3. The second-order valence-electron chi connectivity index (χ2n) is 4.52. The van der Waals surface area contributed by atoms with E-state index in [9.17, 15) is 0 Å². The van der Waals surface area contributed by atoms with E-state index in [-0.39, 0.29) is 12.4 Å². The maximum absolute atomic E-state index is 8.81. The number of aliphatic hydroxyl groups is 1. The zero-order valence-corrected chi connectivity index (χ0v) is 13.6. The van der Waals surface area contributed by atoms with Crippen LogP contribution >= 0.6 is 34.8 Å². The molecular formula is C11H17Cl3N6O. The Balaban J connectivity index is 2.23. The lowest BCUT2D eigenvalue weighted by molar-refractivity contribution is 0.292. The van der Waals surface area contributed by atoms with Crippen molar-refractivity contribution in [1.29, 1.82) is 0 Å². The summed E-state index contributed by atoms with van der Waals surface area (Å²) in [6.07, 6.45) is 0.581. The van der Waals surface area contributed by atoms with E-state index >= 15 is 0 Å². The van der Waals surface area contributed by atoms with Gasteiger partial charge in [0.15, 0.2) is 5.82 Å². The predicted molar refractivity (Wildman–Crippen MR) is 84.3 cm³/mol. The molecule has 10 heteroatoms. The van der Waals surface area contributed by atoms with Gasteiger partial charge in [0.05, 0.1) is 0 Å². The van der Waals surface area contributed by atoms with Gasteiger partial charge in [0.1, 0.15) is 0 Å². The zero-order chi connectivity index (χ0) is 15.3. The average Bonchev–Trinajstić information content (AvgIpc) is 2.47. The molecule has 0 amide bonds. The van der Waals surface area contributed by atoms with Crippen LogP contribution in [0.25, 0.3) is 0 Å². The molecule has 0 atom stereocenters. The number of rotatable bonds is 5. The number of nitrogens with one attached hydrogen (secondary N) is 2. The maximum atomic E-state index is 8.81. The summed E-state index contributed by atoms with van der Waals surface area (Å²) >= 11 is 17.6. The number of aliphatic hydroxyl groups excluding tert-OH is 1. The van der Waals surface area contributed by atoms with Crippen molar-refractivity contribution in [1.82, 2.24) is 20.3 Å². The third-order valence-corrected chi connectivity index (χ3v) is 3.40. The van der Waals surface area contributed by atoms with Crippen molar-refractivity contribution < 1.29 is 5.11 Å². The summed E-state index contributed by atoms with van der Waals surface area (Å²) in [4.78, 5) is 14.7. The van der Waals surface area contributed by atoms with Gasteiger partial charge in [0, 0.05) is 39.3 Å². The van der Waals surface area contributed by atoms with Crippen LogP contribution < -0.4 is 15.5 Å². The Morgan fingerprint density at radius 2 is 1.90 bits per heavy atom. The third kappa shape index (κ3) is 4.96. The van der Waals surface area contributed by atoms with Crippen LogP contribution in [-0.4, -0.2) is 59.4 Å². The Morgan fingerprint density at radius 3 is 2.52 bits per heavy atom. The molecule has 1 aromatic heterocycles. The van der Waals surface area contributed by atoms with E-state index in [2.05, 4.69) is 25.6 Å². The normalized spacial score (nSPS) is 16.1. The highest BCUT2D eigenvalue weighted by Gasteiger charge is 2.29. The standard InChI is InChI=1S/C11H17Cl3N6O/c12-11(13,14)8-17-9(16-2-1-7-21)19-10(18-8)20-5-3-15-4-6-20/h15,21H,1-7H2,(H,16,17,18,19). The van der Waals surface area contributed by atoms with Crippen LogP contribution in [0.5, 0.6) is 0 Å². The Bertz CT molecular complexity index is 464. The van der Waals surface area contributed by atoms with Gasteiger partial charge < -0.3 is 20.6 Å². The van der Waals surface area contributed by atoms with E-state index in [1.807, 2.05) is 4.90 Å². The lowest BCUT2D eigenvalue weighted by Crippen LogP contribution is -2.44. The zero-order valence-electron chi connectivity index (χ0n) is 11.3. The van der Waals surface area contributed by atoms with Crippen molar-refractivity contribution >= 4 is 46.7 Å². The molecule has 0 aliphatic carbocycles. The topological polar surface area (TPSA) is 86.2 Å². The SMILES string of the molecule is OCCCNc1nc(N2CCNCC2)nc(C(Cl)(Cl)Cl)n1. The van der Waals surface area contributed by atoms with Gasteiger partial charge in [0.25, 0.3) is 0 Å². The van der Waals surface area contributed by atoms with Crippen molar-refractivity contribution in [3.05, 3.63) is 5.82 Å². The van der Waals surface area contributed by atoms with Gasteiger partial charge in [-0.1, -0.05) is 34.8 Å². The van der Waals surface area contributed by atoms with E-state index in [0.717, 1.165) is 26.2 Å². The summed E-state index contributed by atoms with van der Waals surface area (Å²) in [7, 11) is 0. The molecule has 0 radical (unpaired) electrons. The second kappa shape index (κ2) is 7.60. The molecule has 1 fully saturated rings. The molecule has 1 aliphatic rings. The van der Waals surface area contributed by atoms with E-state index < -0.39 is 3.79 Å². The van der Waals surface area contributed by atoms with Crippen molar-refractivity contribution in [2.24, 2.45) is 0 Å². The number of hydrogen-bond acceptors (Lipinski definition) is 7. The van der Waals surface area contributed by atoms with Gasteiger partial charge in [-0.2, -0.15) is 15.0 Å². The number of halogens is 3. The number of aromatic nitrogens is 3. The van der Waals surface area contributed by atoms with E-state index in [1.54, 1.807) is 0 Å². The highest BCUT2D eigenvalue weighted by atomic mass is 35.6. The van der Waals surface area contributed by atoms with Crippen LogP contribution in [0.3, 0.4) is 0 Å². The van der Waals surface area contributed by atoms with Gasteiger partial charge in [-0.05, 0) is 6.42 Å². The van der Waals surface area contributed by atoms with Crippen LogP contribution in [-0.2, 0) is 3.79 Å². The molecule has 0 aromatic carbocycles.